The summed E-state index contributed by atoms with van der Waals surface area (Å²) in [6, 6.07) is 0. The molecule has 0 amide bonds. The molecule has 1 N–H and O–H groups in total. The summed E-state index contributed by atoms with van der Waals surface area (Å²) in [7, 11) is -6.42. The molecule has 1 aliphatic rings. The minimum atomic E-state index is -4.13. The Morgan fingerprint density at radius 2 is 2.00 bits per heavy atom. The third kappa shape index (κ3) is 4.95. The molecule has 0 aromatic carbocycles. The Morgan fingerprint density at radius 3 is 2.38 bits per heavy atom. The molecule has 1 aliphatic heterocycles. The summed E-state index contributed by atoms with van der Waals surface area (Å²) in [4.78, 5) is 7.35. The monoisotopic (exact) mass is 381 g/mol. The van der Waals surface area contributed by atoms with Gasteiger partial charge in [0.2, 0.25) is 5.84 Å². The molecule has 0 spiro atoms. The first-order valence-electron chi connectivity index (χ1n) is 6.99. The molecule has 0 fully saturated rings. The normalized spacial score (nSPS) is 20.4. The van der Waals surface area contributed by atoms with Crippen LogP contribution in [0.5, 0.6) is 0 Å². The number of aliphatic imine (C=N–C) groups is 1. The largest absolute Gasteiger partial charge is 0.443 e. The Bertz CT molecular complexity index is 799. The SMILES string of the molecule is CC1=NC=C[N+]1(C)S(=O)(=O)O.CCCCOS(=O)(=O)n1ccnc1. The van der Waals surface area contributed by atoms with Crippen molar-refractivity contribution < 1.29 is 29.5 Å². The fourth-order valence-corrected chi connectivity index (χ4v) is 2.90. The highest BCUT2D eigenvalue weighted by Crippen LogP contribution is 2.17. The van der Waals surface area contributed by atoms with E-state index in [1.165, 1.54) is 45.1 Å². The van der Waals surface area contributed by atoms with Crippen molar-refractivity contribution in [1.82, 2.24) is 8.96 Å². The topological polar surface area (TPSA) is 128 Å². The molecule has 2 rings (SSSR count). The Hall–Kier alpha value is -1.60. The molecule has 1 aromatic heterocycles. The summed E-state index contributed by atoms with van der Waals surface area (Å²) < 4.78 is 57.8. The number of unbranched alkanes of at least 4 members (excludes halogenated alkanes) is 1. The van der Waals surface area contributed by atoms with Gasteiger partial charge in [-0.3, -0.25) is 4.18 Å². The average molecular weight is 381 g/mol. The highest BCUT2D eigenvalue weighted by Gasteiger charge is 2.40. The maximum absolute atomic E-state index is 11.3. The second-order valence-electron chi connectivity index (χ2n) is 4.94. The van der Waals surface area contributed by atoms with E-state index in [1.807, 2.05) is 6.92 Å². The number of rotatable bonds is 6. The van der Waals surface area contributed by atoms with Gasteiger partial charge in [-0.25, -0.2) is 18.5 Å². The van der Waals surface area contributed by atoms with Gasteiger partial charge in [-0.05, 0) is 6.42 Å². The molecule has 24 heavy (non-hydrogen) atoms. The highest BCUT2D eigenvalue weighted by atomic mass is 32.2. The second-order valence-corrected chi connectivity index (χ2v) is 8.11. The Balaban J connectivity index is 0.000000243. The van der Waals surface area contributed by atoms with Crippen LogP contribution in [0.3, 0.4) is 0 Å². The van der Waals surface area contributed by atoms with Crippen LogP contribution in [-0.2, 0) is 24.8 Å². The average Bonchev–Trinajstić information content (AvgIpc) is 3.11. The predicted octanol–water partition coefficient (Wildman–Crippen LogP) is 0.932. The molecule has 0 saturated heterocycles. The molecular weight excluding hydrogens is 360 g/mol. The second kappa shape index (κ2) is 7.98. The van der Waals surface area contributed by atoms with E-state index in [0.29, 0.717) is 5.84 Å². The molecule has 0 aliphatic carbocycles. The quantitative estimate of drug-likeness (QED) is 0.441. The van der Waals surface area contributed by atoms with Crippen molar-refractivity contribution >= 4 is 26.4 Å². The first kappa shape index (κ1) is 20.4. The molecule has 0 radical (unpaired) electrons. The summed E-state index contributed by atoms with van der Waals surface area (Å²) >= 11 is 0. The van der Waals surface area contributed by atoms with Gasteiger partial charge in [-0.15, -0.1) is 12.3 Å². The first-order chi connectivity index (χ1) is 11.0. The van der Waals surface area contributed by atoms with Crippen molar-refractivity contribution in [2.75, 3.05) is 13.7 Å². The van der Waals surface area contributed by atoms with Crippen LogP contribution in [0.15, 0.2) is 36.1 Å². The number of nitrogens with zero attached hydrogens (tertiary/aromatic N) is 4. The van der Waals surface area contributed by atoms with E-state index in [9.17, 15) is 16.8 Å². The lowest BCUT2D eigenvalue weighted by Gasteiger charge is -2.19. The molecule has 2 heterocycles. The number of hydrogen-bond donors (Lipinski definition) is 1. The summed E-state index contributed by atoms with van der Waals surface area (Å²) in [6.07, 6.45) is 8.20. The van der Waals surface area contributed by atoms with Crippen LogP contribution in [0.4, 0.5) is 0 Å². The van der Waals surface area contributed by atoms with Gasteiger partial charge in [0.05, 0.1) is 19.9 Å². The van der Waals surface area contributed by atoms with Crippen molar-refractivity contribution in [2.24, 2.45) is 4.99 Å². The lowest BCUT2D eigenvalue weighted by Crippen LogP contribution is -2.45. The summed E-state index contributed by atoms with van der Waals surface area (Å²) in [5.74, 6) is 0.326. The van der Waals surface area contributed by atoms with Gasteiger partial charge in [-0.2, -0.15) is 8.42 Å². The molecule has 1 atom stereocenters. The summed E-state index contributed by atoms with van der Waals surface area (Å²) in [6.45, 7) is 3.72. The van der Waals surface area contributed by atoms with Gasteiger partial charge in [0.1, 0.15) is 12.5 Å². The van der Waals surface area contributed by atoms with E-state index < -0.39 is 24.5 Å². The number of aromatic nitrogens is 2. The van der Waals surface area contributed by atoms with Crippen molar-refractivity contribution in [1.29, 1.82) is 0 Å². The molecule has 1 aromatic rings. The van der Waals surface area contributed by atoms with Crippen LogP contribution in [0.1, 0.15) is 26.7 Å². The molecular formula is C12H21N4O6S2+. The molecule has 0 saturated carbocycles. The van der Waals surface area contributed by atoms with E-state index >= 15 is 0 Å². The number of hydrogen-bond acceptors (Lipinski definition) is 7. The Kier molecular flexibility index (Phi) is 6.80. The van der Waals surface area contributed by atoms with Crippen LogP contribution in [0.25, 0.3) is 0 Å². The maximum Gasteiger partial charge on any atom is 0.443 e. The van der Waals surface area contributed by atoms with Gasteiger partial charge < -0.3 is 0 Å². The lowest BCUT2D eigenvalue weighted by atomic mass is 10.4. The molecule has 12 heteroatoms. The van der Waals surface area contributed by atoms with E-state index in [2.05, 4.69) is 9.98 Å². The standard InChI is InChI=1S/C7H12N2O3S.C5H8N2O3S/c1-2-3-6-12-13(10,11)9-5-4-8-7-9;1-5-6-3-4-7(5,2)11(8,9)10/h4-5,7H,2-3,6H2,1H3;3-4H,1-2H3/p+1. The van der Waals surface area contributed by atoms with Crippen molar-refractivity contribution in [3.05, 3.63) is 31.1 Å². The zero-order valence-corrected chi connectivity index (χ0v) is 15.2. The number of quaternary nitrogens is 1. The first-order valence-corrected chi connectivity index (χ1v) is 9.75. The Labute approximate surface area is 141 Å². The molecule has 136 valence electrons. The molecule has 10 nitrogen and oxygen atoms in total. The fraction of sp³-hybridized carbons (Fsp3) is 0.500. The summed E-state index contributed by atoms with van der Waals surface area (Å²) in [5.41, 5.74) is 0. The van der Waals surface area contributed by atoms with E-state index in [-0.39, 0.29) is 6.61 Å². The van der Waals surface area contributed by atoms with Crippen LogP contribution in [-0.4, -0.2) is 53.7 Å². The molecule has 0 bridgehead atoms. The van der Waals surface area contributed by atoms with E-state index in [4.69, 9.17) is 8.74 Å². The lowest BCUT2D eigenvalue weighted by molar-refractivity contribution is -0.626. The van der Waals surface area contributed by atoms with Gasteiger partial charge in [0.25, 0.3) is 0 Å². The van der Waals surface area contributed by atoms with Crippen LogP contribution in [0.2, 0.25) is 0 Å². The van der Waals surface area contributed by atoms with Gasteiger partial charge in [0, 0.05) is 19.3 Å². The highest BCUT2D eigenvalue weighted by molar-refractivity contribution is 7.85. The third-order valence-electron chi connectivity index (χ3n) is 3.20. The van der Waals surface area contributed by atoms with Gasteiger partial charge in [-0.1, -0.05) is 13.3 Å². The van der Waals surface area contributed by atoms with Gasteiger partial charge >= 0.3 is 20.6 Å². The van der Waals surface area contributed by atoms with Crippen LogP contribution < -0.4 is 0 Å². The predicted molar refractivity (Wildman–Crippen MR) is 87.4 cm³/mol. The number of amidine groups is 1. The van der Waals surface area contributed by atoms with Crippen molar-refractivity contribution in [3.8, 4) is 0 Å². The maximum atomic E-state index is 11.3. The molecule has 1 unspecified atom stereocenters. The fourth-order valence-electron chi connectivity index (χ4n) is 1.48. The Morgan fingerprint density at radius 1 is 1.33 bits per heavy atom. The zero-order valence-electron chi connectivity index (χ0n) is 13.6. The van der Waals surface area contributed by atoms with Crippen molar-refractivity contribution in [2.45, 2.75) is 26.7 Å². The van der Waals surface area contributed by atoms with Crippen LogP contribution in [0, 0.1) is 0 Å². The van der Waals surface area contributed by atoms with E-state index in [0.717, 1.165) is 16.8 Å². The zero-order chi connectivity index (χ0) is 18.4. The van der Waals surface area contributed by atoms with Crippen LogP contribution >= 0.6 is 0 Å². The van der Waals surface area contributed by atoms with Gasteiger partial charge in [0.15, 0.2) is 0 Å². The summed E-state index contributed by atoms with van der Waals surface area (Å²) in [5, 5.41) is 0. The van der Waals surface area contributed by atoms with E-state index in [1.54, 1.807) is 0 Å². The number of imidazole rings is 1. The third-order valence-corrected chi connectivity index (χ3v) is 5.74. The van der Waals surface area contributed by atoms with Crippen molar-refractivity contribution in [3.63, 3.8) is 0 Å². The smallest absolute Gasteiger partial charge is 0.253 e. The minimum Gasteiger partial charge on any atom is -0.253 e. The minimum absolute atomic E-state index is 0.219.